The van der Waals surface area contributed by atoms with Crippen LogP contribution in [0.5, 0.6) is 0 Å². The molecule has 0 amide bonds. The summed E-state index contributed by atoms with van der Waals surface area (Å²) in [5.41, 5.74) is 2.42. The van der Waals surface area contributed by atoms with Crippen LogP contribution >= 0.6 is 0 Å². The van der Waals surface area contributed by atoms with E-state index in [-0.39, 0.29) is 0 Å². The molecular formula is C15H27N5O. The van der Waals surface area contributed by atoms with Crippen LogP contribution in [0.25, 0.3) is 0 Å². The minimum atomic E-state index is 0.469. The Balaban J connectivity index is 1.71. The Labute approximate surface area is 127 Å². The second-order valence-electron chi connectivity index (χ2n) is 5.85. The quantitative estimate of drug-likeness (QED) is 0.726. The molecule has 0 radical (unpaired) electrons. The Morgan fingerprint density at radius 3 is 2.90 bits per heavy atom. The molecule has 0 bridgehead atoms. The second kappa shape index (κ2) is 8.26. The van der Waals surface area contributed by atoms with Crippen LogP contribution in [0.2, 0.25) is 0 Å². The maximum absolute atomic E-state index is 5.17. The van der Waals surface area contributed by atoms with E-state index in [9.17, 15) is 0 Å². The minimum Gasteiger partial charge on any atom is -0.380 e. The van der Waals surface area contributed by atoms with Gasteiger partial charge >= 0.3 is 0 Å². The summed E-state index contributed by atoms with van der Waals surface area (Å²) in [6, 6.07) is 0.469. The molecule has 6 heteroatoms. The minimum absolute atomic E-state index is 0.469. The van der Waals surface area contributed by atoms with Crippen LogP contribution in [-0.4, -0.2) is 59.3 Å². The van der Waals surface area contributed by atoms with Gasteiger partial charge in [0.05, 0.1) is 18.8 Å². The molecular weight excluding hydrogens is 266 g/mol. The standard InChI is InChI=1S/C15H27N5O/c1-13(2)16-10-15-11-20(18-17-15)9-8-19-6-4-14(5-7-19)12-21-3/h4,11,13,16H,5-10,12H2,1-3H3. The van der Waals surface area contributed by atoms with Crippen LogP contribution in [0.1, 0.15) is 26.0 Å². The van der Waals surface area contributed by atoms with Crippen molar-refractivity contribution in [3.05, 3.63) is 23.5 Å². The van der Waals surface area contributed by atoms with Crippen molar-refractivity contribution in [1.29, 1.82) is 0 Å². The van der Waals surface area contributed by atoms with Gasteiger partial charge < -0.3 is 10.1 Å². The highest BCUT2D eigenvalue weighted by Gasteiger charge is 2.11. The molecule has 1 aromatic rings. The first-order chi connectivity index (χ1) is 10.2. The van der Waals surface area contributed by atoms with Gasteiger partial charge in [0, 0.05) is 45.5 Å². The molecule has 118 valence electrons. The third-order valence-electron chi connectivity index (χ3n) is 3.64. The molecule has 1 aliphatic heterocycles. The number of ether oxygens (including phenoxy) is 1. The molecule has 0 aliphatic carbocycles. The first-order valence-corrected chi connectivity index (χ1v) is 7.69. The van der Waals surface area contributed by atoms with Crippen molar-refractivity contribution in [2.24, 2.45) is 0 Å². The third-order valence-corrected chi connectivity index (χ3v) is 3.64. The molecule has 0 saturated heterocycles. The number of hydrogen-bond donors (Lipinski definition) is 1. The molecule has 0 fully saturated rings. The fourth-order valence-electron chi connectivity index (χ4n) is 2.35. The molecule has 0 unspecified atom stereocenters. The smallest absolute Gasteiger partial charge is 0.0964 e. The van der Waals surface area contributed by atoms with E-state index in [1.54, 1.807) is 7.11 Å². The van der Waals surface area contributed by atoms with Gasteiger partial charge in [-0.05, 0) is 12.0 Å². The van der Waals surface area contributed by atoms with E-state index in [2.05, 4.69) is 40.5 Å². The van der Waals surface area contributed by atoms with E-state index in [1.165, 1.54) is 5.57 Å². The lowest BCUT2D eigenvalue weighted by Crippen LogP contribution is -2.32. The van der Waals surface area contributed by atoms with E-state index >= 15 is 0 Å². The van der Waals surface area contributed by atoms with Crippen molar-refractivity contribution < 1.29 is 4.74 Å². The van der Waals surface area contributed by atoms with Crippen molar-refractivity contribution in [2.45, 2.75) is 39.4 Å². The van der Waals surface area contributed by atoms with Crippen LogP contribution < -0.4 is 5.32 Å². The summed E-state index contributed by atoms with van der Waals surface area (Å²) in [6.07, 6.45) is 5.42. The van der Waals surface area contributed by atoms with Gasteiger partial charge in [0.25, 0.3) is 0 Å². The lowest BCUT2D eigenvalue weighted by molar-refractivity contribution is 0.209. The lowest BCUT2D eigenvalue weighted by Gasteiger charge is -2.25. The summed E-state index contributed by atoms with van der Waals surface area (Å²) >= 11 is 0. The van der Waals surface area contributed by atoms with Gasteiger partial charge in [-0.3, -0.25) is 9.58 Å². The largest absolute Gasteiger partial charge is 0.380 e. The normalized spacial score (nSPS) is 16.5. The first kappa shape index (κ1) is 16.1. The fourth-order valence-corrected chi connectivity index (χ4v) is 2.35. The molecule has 6 nitrogen and oxygen atoms in total. The van der Waals surface area contributed by atoms with Gasteiger partial charge in [-0.25, -0.2) is 0 Å². The third kappa shape index (κ3) is 5.57. The maximum Gasteiger partial charge on any atom is 0.0964 e. The molecule has 1 N–H and O–H groups in total. The molecule has 0 spiro atoms. The van der Waals surface area contributed by atoms with Gasteiger partial charge in [0.1, 0.15) is 0 Å². The van der Waals surface area contributed by atoms with Crippen molar-refractivity contribution in [2.75, 3.05) is 33.4 Å². The van der Waals surface area contributed by atoms with Crippen LogP contribution in [0, 0.1) is 0 Å². The van der Waals surface area contributed by atoms with Crippen molar-refractivity contribution in [3.8, 4) is 0 Å². The lowest BCUT2D eigenvalue weighted by atomic mass is 10.1. The van der Waals surface area contributed by atoms with Crippen LogP contribution in [0.15, 0.2) is 17.8 Å². The monoisotopic (exact) mass is 293 g/mol. The molecule has 0 saturated carbocycles. The zero-order valence-corrected chi connectivity index (χ0v) is 13.4. The van der Waals surface area contributed by atoms with Crippen LogP contribution in [-0.2, 0) is 17.8 Å². The predicted molar refractivity (Wildman–Crippen MR) is 83.0 cm³/mol. The Bertz CT molecular complexity index is 455. The highest BCUT2D eigenvalue weighted by Crippen LogP contribution is 2.10. The predicted octanol–water partition coefficient (Wildman–Crippen LogP) is 1.05. The summed E-state index contributed by atoms with van der Waals surface area (Å²) in [7, 11) is 1.75. The summed E-state index contributed by atoms with van der Waals surface area (Å²) in [5.74, 6) is 0. The summed E-state index contributed by atoms with van der Waals surface area (Å²) in [4.78, 5) is 2.44. The maximum atomic E-state index is 5.17. The molecule has 1 aliphatic rings. The van der Waals surface area contributed by atoms with Gasteiger partial charge in [0.2, 0.25) is 0 Å². The Morgan fingerprint density at radius 2 is 2.24 bits per heavy atom. The van der Waals surface area contributed by atoms with Gasteiger partial charge in [-0.1, -0.05) is 25.1 Å². The first-order valence-electron chi connectivity index (χ1n) is 7.69. The topological polar surface area (TPSA) is 55.2 Å². The number of nitrogens with one attached hydrogen (secondary N) is 1. The van der Waals surface area contributed by atoms with Gasteiger partial charge in [-0.2, -0.15) is 0 Å². The van der Waals surface area contributed by atoms with E-state index < -0.39 is 0 Å². The van der Waals surface area contributed by atoms with E-state index in [0.717, 1.165) is 51.4 Å². The second-order valence-corrected chi connectivity index (χ2v) is 5.85. The fraction of sp³-hybridized carbons (Fsp3) is 0.733. The molecule has 2 heterocycles. The van der Waals surface area contributed by atoms with Crippen molar-refractivity contribution in [1.82, 2.24) is 25.2 Å². The SMILES string of the molecule is COCC1=CCN(CCn2cc(CNC(C)C)nn2)CC1. The molecule has 2 rings (SSSR count). The molecule has 21 heavy (non-hydrogen) atoms. The Hall–Kier alpha value is -1.24. The number of rotatable bonds is 8. The summed E-state index contributed by atoms with van der Waals surface area (Å²) in [6.45, 7) is 9.83. The molecule has 0 atom stereocenters. The number of hydrogen-bond acceptors (Lipinski definition) is 5. The van der Waals surface area contributed by atoms with E-state index in [1.807, 2.05) is 10.9 Å². The van der Waals surface area contributed by atoms with Crippen molar-refractivity contribution in [3.63, 3.8) is 0 Å². The molecule has 0 aromatic carbocycles. The van der Waals surface area contributed by atoms with Crippen LogP contribution in [0.3, 0.4) is 0 Å². The highest BCUT2D eigenvalue weighted by molar-refractivity contribution is 5.07. The number of aromatic nitrogens is 3. The van der Waals surface area contributed by atoms with E-state index in [0.29, 0.717) is 6.04 Å². The Morgan fingerprint density at radius 1 is 1.38 bits per heavy atom. The average molecular weight is 293 g/mol. The van der Waals surface area contributed by atoms with Crippen molar-refractivity contribution >= 4 is 0 Å². The van der Waals surface area contributed by atoms with Crippen LogP contribution in [0.4, 0.5) is 0 Å². The zero-order valence-electron chi connectivity index (χ0n) is 13.4. The highest BCUT2D eigenvalue weighted by atomic mass is 16.5. The summed E-state index contributed by atoms with van der Waals surface area (Å²) < 4.78 is 7.11. The van der Waals surface area contributed by atoms with E-state index in [4.69, 9.17) is 4.74 Å². The Kier molecular flexibility index (Phi) is 6.35. The number of methoxy groups -OCH3 is 1. The zero-order chi connectivity index (χ0) is 15.1. The molecule has 1 aromatic heterocycles. The number of nitrogens with zero attached hydrogens (tertiary/aromatic N) is 4. The summed E-state index contributed by atoms with van der Waals surface area (Å²) in [5, 5.41) is 11.7. The van der Waals surface area contributed by atoms with Gasteiger partial charge in [0.15, 0.2) is 0 Å². The average Bonchev–Trinajstić information content (AvgIpc) is 2.93. The van der Waals surface area contributed by atoms with Gasteiger partial charge in [-0.15, -0.1) is 5.10 Å².